The third-order valence-corrected chi connectivity index (χ3v) is 3.82. The van der Waals surface area contributed by atoms with Gasteiger partial charge in [0.1, 0.15) is 5.01 Å². The quantitative estimate of drug-likeness (QED) is 0.867. The summed E-state index contributed by atoms with van der Waals surface area (Å²) >= 11 is 1.66. The van der Waals surface area contributed by atoms with Crippen molar-refractivity contribution < 1.29 is 0 Å². The van der Waals surface area contributed by atoms with Crippen molar-refractivity contribution in [2.45, 2.75) is 26.2 Å². The molecule has 0 aliphatic carbocycles. The Labute approximate surface area is 97.9 Å². The fraction of sp³-hybridized carbons (Fsp3) is 0.700. The average molecular weight is 237 g/mol. The molecule has 0 spiro atoms. The van der Waals surface area contributed by atoms with Crippen molar-refractivity contribution in [2.75, 3.05) is 13.1 Å². The fourth-order valence-electron chi connectivity index (χ4n) is 1.85. The van der Waals surface area contributed by atoms with Crippen molar-refractivity contribution in [3.63, 3.8) is 0 Å². The van der Waals surface area contributed by atoms with Crippen LogP contribution in [-0.2, 0) is 6.42 Å². The third kappa shape index (κ3) is 1.62. The van der Waals surface area contributed by atoms with Crippen molar-refractivity contribution >= 4 is 16.3 Å². The highest BCUT2D eigenvalue weighted by atomic mass is 32.1. The van der Waals surface area contributed by atoms with Crippen LogP contribution in [0.4, 0.5) is 0 Å². The highest BCUT2D eigenvalue weighted by Gasteiger charge is 2.20. The van der Waals surface area contributed by atoms with Crippen LogP contribution >= 0.6 is 11.3 Å². The van der Waals surface area contributed by atoms with Gasteiger partial charge >= 0.3 is 0 Å². The zero-order valence-electron chi connectivity index (χ0n) is 9.47. The van der Waals surface area contributed by atoms with Crippen LogP contribution in [0.2, 0.25) is 0 Å². The zero-order chi connectivity index (χ0) is 11.1. The molecule has 5 nitrogen and oxygen atoms in total. The molecule has 16 heavy (non-hydrogen) atoms. The highest BCUT2D eigenvalue weighted by Crippen LogP contribution is 2.21. The molecule has 3 heterocycles. The lowest BCUT2D eigenvalue weighted by Crippen LogP contribution is -2.43. The van der Waals surface area contributed by atoms with E-state index in [1.165, 1.54) is 5.01 Å². The molecule has 86 valence electrons. The molecule has 0 radical (unpaired) electrons. The number of aromatic nitrogens is 4. The second-order valence-corrected chi connectivity index (χ2v) is 5.67. The minimum atomic E-state index is 0.371. The van der Waals surface area contributed by atoms with E-state index in [0.717, 1.165) is 36.2 Å². The molecule has 0 bridgehead atoms. The van der Waals surface area contributed by atoms with Crippen LogP contribution in [0.1, 0.15) is 30.6 Å². The van der Waals surface area contributed by atoms with Crippen LogP contribution in [0, 0.1) is 5.92 Å². The lowest BCUT2D eigenvalue weighted by Gasteiger charge is -2.25. The molecular formula is C10H15N5S. The van der Waals surface area contributed by atoms with Gasteiger partial charge < -0.3 is 5.32 Å². The molecule has 1 aliphatic rings. The molecule has 1 N–H and O–H groups in total. The zero-order valence-corrected chi connectivity index (χ0v) is 10.3. The van der Waals surface area contributed by atoms with E-state index in [2.05, 4.69) is 34.5 Å². The Morgan fingerprint density at radius 3 is 2.88 bits per heavy atom. The van der Waals surface area contributed by atoms with E-state index in [4.69, 9.17) is 0 Å². The summed E-state index contributed by atoms with van der Waals surface area (Å²) in [5.41, 5.74) is 0. The molecule has 0 unspecified atom stereocenters. The molecule has 0 atom stereocenters. The Balaban J connectivity index is 1.90. The number of rotatable bonds is 3. The summed E-state index contributed by atoms with van der Waals surface area (Å²) in [5.74, 6) is 2.09. The second kappa shape index (κ2) is 3.78. The van der Waals surface area contributed by atoms with Gasteiger partial charge in [-0.2, -0.15) is 9.61 Å². The predicted molar refractivity (Wildman–Crippen MR) is 62.8 cm³/mol. The molecule has 0 amide bonds. The Morgan fingerprint density at radius 2 is 2.25 bits per heavy atom. The SMILES string of the molecule is CC(C)c1nnc2sc(CC3CNC3)nn12. The van der Waals surface area contributed by atoms with E-state index in [9.17, 15) is 0 Å². The van der Waals surface area contributed by atoms with Gasteiger partial charge in [0, 0.05) is 12.3 Å². The minimum absolute atomic E-state index is 0.371. The van der Waals surface area contributed by atoms with Crippen molar-refractivity contribution in [1.82, 2.24) is 25.1 Å². The molecule has 1 aliphatic heterocycles. The number of hydrogen-bond acceptors (Lipinski definition) is 5. The van der Waals surface area contributed by atoms with Gasteiger partial charge in [0.2, 0.25) is 4.96 Å². The average Bonchev–Trinajstić information content (AvgIpc) is 2.68. The van der Waals surface area contributed by atoms with Gasteiger partial charge in [0.15, 0.2) is 5.82 Å². The van der Waals surface area contributed by atoms with E-state index < -0.39 is 0 Å². The van der Waals surface area contributed by atoms with Gasteiger partial charge in [-0.3, -0.25) is 0 Å². The van der Waals surface area contributed by atoms with Gasteiger partial charge in [-0.05, 0) is 19.0 Å². The third-order valence-electron chi connectivity index (χ3n) is 2.90. The number of nitrogens with one attached hydrogen (secondary N) is 1. The summed E-state index contributed by atoms with van der Waals surface area (Å²) in [6.45, 7) is 6.48. The van der Waals surface area contributed by atoms with E-state index in [-0.39, 0.29) is 0 Å². The first-order chi connectivity index (χ1) is 7.74. The first-order valence-corrected chi connectivity index (χ1v) is 6.47. The lowest BCUT2D eigenvalue weighted by atomic mass is 10.0. The van der Waals surface area contributed by atoms with Crippen molar-refractivity contribution in [3.8, 4) is 0 Å². The molecule has 3 rings (SSSR count). The van der Waals surface area contributed by atoms with Crippen molar-refractivity contribution in [2.24, 2.45) is 5.92 Å². The smallest absolute Gasteiger partial charge is 0.234 e. The van der Waals surface area contributed by atoms with Gasteiger partial charge in [0.05, 0.1) is 0 Å². The number of fused-ring (bicyclic) bond motifs is 1. The maximum absolute atomic E-state index is 4.60. The summed E-state index contributed by atoms with van der Waals surface area (Å²) in [6.07, 6.45) is 1.07. The first-order valence-electron chi connectivity index (χ1n) is 5.66. The largest absolute Gasteiger partial charge is 0.316 e. The summed E-state index contributed by atoms with van der Waals surface area (Å²) in [5, 5.41) is 17.4. The molecule has 1 saturated heterocycles. The molecule has 1 fully saturated rings. The van der Waals surface area contributed by atoms with Gasteiger partial charge in [0.25, 0.3) is 0 Å². The minimum Gasteiger partial charge on any atom is -0.316 e. The van der Waals surface area contributed by atoms with Crippen LogP contribution in [0.3, 0.4) is 0 Å². The lowest BCUT2D eigenvalue weighted by molar-refractivity contribution is 0.345. The van der Waals surface area contributed by atoms with Crippen molar-refractivity contribution in [1.29, 1.82) is 0 Å². The van der Waals surface area contributed by atoms with Crippen molar-refractivity contribution in [3.05, 3.63) is 10.8 Å². The standard InChI is InChI=1S/C10H15N5S/c1-6(2)9-12-13-10-15(9)14-8(16-10)3-7-4-11-5-7/h6-7,11H,3-5H2,1-2H3. The molecule has 6 heteroatoms. The van der Waals surface area contributed by atoms with Gasteiger partial charge in [-0.25, -0.2) is 0 Å². The fourth-order valence-corrected chi connectivity index (χ4v) is 2.81. The van der Waals surface area contributed by atoms with Crippen LogP contribution < -0.4 is 5.32 Å². The van der Waals surface area contributed by atoms with Crippen LogP contribution in [0.5, 0.6) is 0 Å². The summed E-state index contributed by atoms with van der Waals surface area (Å²) in [4.78, 5) is 0.922. The van der Waals surface area contributed by atoms with E-state index in [0.29, 0.717) is 5.92 Å². The Hall–Kier alpha value is -1.01. The summed E-state index contributed by atoms with van der Waals surface area (Å²) < 4.78 is 1.90. The molecule has 0 aromatic carbocycles. The monoisotopic (exact) mass is 237 g/mol. The first kappa shape index (κ1) is 10.2. The van der Waals surface area contributed by atoms with E-state index >= 15 is 0 Å². The molecule has 0 saturated carbocycles. The predicted octanol–water partition coefficient (Wildman–Crippen LogP) is 1.07. The van der Waals surface area contributed by atoms with E-state index in [1.54, 1.807) is 11.3 Å². The molecule has 2 aromatic heterocycles. The van der Waals surface area contributed by atoms with E-state index in [1.807, 2.05) is 4.52 Å². The van der Waals surface area contributed by atoms with Gasteiger partial charge in [-0.1, -0.05) is 25.2 Å². The maximum Gasteiger partial charge on any atom is 0.234 e. The maximum atomic E-state index is 4.60. The normalized spacial score (nSPS) is 17.2. The van der Waals surface area contributed by atoms with Crippen LogP contribution in [-0.4, -0.2) is 32.9 Å². The van der Waals surface area contributed by atoms with Crippen LogP contribution in [0.25, 0.3) is 4.96 Å². The number of nitrogens with zero attached hydrogens (tertiary/aromatic N) is 4. The second-order valence-electron chi connectivity index (χ2n) is 4.63. The number of hydrogen-bond donors (Lipinski definition) is 1. The Bertz CT molecular complexity index is 496. The van der Waals surface area contributed by atoms with Crippen LogP contribution in [0.15, 0.2) is 0 Å². The highest BCUT2D eigenvalue weighted by molar-refractivity contribution is 7.16. The topological polar surface area (TPSA) is 55.1 Å². The molecule has 2 aromatic rings. The Morgan fingerprint density at radius 1 is 1.44 bits per heavy atom. The van der Waals surface area contributed by atoms with Gasteiger partial charge in [-0.15, -0.1) is 10.2 Å². The summed E-state index contributed by atoms with van der Waals surface area (Å²) in [7, 11) is 0. The Kier molecular flexibility index (Phi) is 2.40. The summed E-state index contributed by atoms with van der Waals surface area (Å²) in [6, 6.07) is 0. The molecular weight excluding hydrogens is 222 g/mol.